The van der Waals surface area contributed by atoms with Gasteiger partial charge in [0.05, 0.1) is 0 Å². The van der Waals surface area contributed by atoms with Crippen LogP contribution in [0.1, 0.15) is 52.4 Å². The average Bonchev–Trinajstić information content (AvgIpc) is 2.72. The van der Waals surface area contributed by atoms with Gasteiger partial charge in [0.2, 0.25) is 5.91 Å². The standard InChI is InChI=1S/C12H24N2O/c1-3-10(13)9-12(15)14(4-2)11-7-5-6-8-11/h10-11H,3-9,13H2,1-2H3. The monoisotopic (exact) mass is 212 g/mol. The predicted octanol–water partition coefficient (Wildman–Crippen LogP) is 1.90. The second-order valence-electron chi connectivity index (χ2n) is 4.49. The molecule has 0 bridgehead atoms. The van der Waals surface area contributed by atoms with Gasteiger partial charge in [-0.15, -0.1) is 0 Å². The van der Waals surface area contributed by atoms with E-state index in [2.05, 4.69) is 6.92 Å². The quantitative estimate of drug-likeness (QED) is 0.756. The van der Waals surface area contributed by atoms with Crippen LogP contribution in [0.2, 0.25) is 0 Å². The first kappa shape index (κ1) is 12.5. The lowest BCUT2D eigenvalue weighted by Gasteiger charge is -2.28. The normalized spacial score (nSPS) is 19.1. The van der Waals surface area contributed by atoms with Gasteiger partial charge < -0.3 is 10.6 Å². The van der Waals surface area contributed by atoms with E-state index in [0.29, 0.717) is 12.5 Å². The van der Waals surface area contributed by atoms with Gasteiger partial charge in [-0.3, -0.25) is 4.79 Å². The van der Waals surface area contributed by atoms with Crippen molar-refractivity contribution in [1.82, 2.24) is 4.90 Å². The molecule has 0 aromatic heterocycles. The second-order valence-corrected chi connectivity index (χ2v) is 4.49. The highest BCUT2D eigenvalue weighted by atomic mass is 16.2. The van der Waals surface area contributed by atoms with Gasteiger partial charge in [0.1, 0.15) is 0 Å². The third-order valence-corrected chi connectivity index (χ3v) is 3.39. The van der Waals surface area contributed by atoms with Crippen molar-refractivity contribution in [2.45, 2.75) is 64.5 Å². The van der Waals surface area contributed by atoms with Crippen LogP contribution < -0.4 is 5.73 Å². The maximum Gasteiger partial charge on any atom is 0.224 e. The van der Waals surface area contributed by atoms with Crippen LogP contribution in [0.3, 0.4) is 0 Å². The minimum atomic E-state index is 0.0351. The van der Waals surface area contributed by atoms with Crippen LogP contribution in [0.25, 0.3) is 0 Å². The fraction of sp³-hybridized carbons (Fsp3) is 0.917. The number of amides is 1. The first-order chi connectivity index (χ1) is 7.19. The van der Waals surface area contributed by atoms with Gasteiger partial charge in [-0.05, 0) is 26.2 Å². The zero-order valence-electron chi connectivity index (χ0n) is 10.0. The Hall–Kier alpha value is -0.570. The van der Waals surface area contributed by atoms with E-state index in [1.54, 1.807) is 0 Å². The topological polar surface area (TPSA) is 46.3 Å². The Morgan fingerprint density at radius 2 is 2.00 bits per heavy atom. The summed E-state index contributed by atoms with van der Waals surface area (Å²) in [5.74, 6) is 0.249. The van der Waals surface area contributed by atoms with Crippen molar-refractivity contribution in [3.63, 3.8) is 0 Å². The van der Waals surface area contributed by atoms with E-state index in [9.17, 15) is 4.79 Å². The number of hydrogen-bond acceptors (Lipinski definition) is 2. The molecular formula is C12H24N2O. The molecule has 1 fully saturated rings. The maximum absolute atomic E-state index is 12.0. The number of nitrogens with two attached hydrogens (primary N) is 1. The van der Waals surface area contributed by atoms with Gasteiger partial charge in [-0.1, -0.05) is 19.8 Å². The Balaban J connectivity index is 2.45. The molecule has 15 heavy (non-hydrogen) atoms. The van der Waals surface area contributed by atoms with Crippen molar-refractivity contribution >= 4 is 5.91 Å². The van der Waals surface area contributed by atoms with Gasteiger partial charge in [0.25, 0.3) is 0 Å². The van der Waals surface area contributed by atoms with E-state index in [4.69, 9.17) is 5.73 Å². The van der Waals surface area contributed by atoms with E-state index in [1.165, 1.54) is 25.7 Å². The average molecular weight is 212 g/mol. The molecule has 1 unspecified atom stereocenters. The Bertz CT molecular complexity index is 200. The molecule has 3 heteroatoms. The third-order valence-electron chi connectivity index (χ3n) is 3.39. The fourth-order valence-electron chi connectivity index (χ4n) is 2.34. The van der Waals surface area contributed by atoms with Crippen LogP contribution in [0.5, 0.6) is 0 Å². The molecule has 1 atom stereocenters. The Morgan fingerprint density at radius 3 is 2.47 bits per heavy atom. The van der Waals surface area contributed by atoms with E-state index < -0.39 is 0 Å². The number of carbonyl (C=O) groups excluding carboxylic acids is 1. The lowest BCUT2D eigenvalue weighted by molar-refractivity contribution is -0.133. The van der Waals surface area contributed by atoms with Crippen LogP contribution in [0.15, 0.2) is 0 Å². The summed E-state index contributed by atoms with van der Waals surface area (Å²) in [6.45, 7) is 4.93. The summed E-state index contributed by atoms with van der Waals surface area (Å²) in [6, 6.07) is 0.527. The molecule has 2 N–H and O–H groups in total. The number of hydrogen-bond donors (Lipinski definition) is 1. The molecule has 0 saturated heterocycles. The molecule has 0 spiro atoms. The molecule has 1 aliphatic rings. The summed E-state index contributed by atoms with van der Waals surface area (Å²) in [5.41, 5.74) is 5.82. The first-order valence-corrected chi connectivity index (χ1v) is 6.24. The molecule has 0 aromatic rings. The lowest BCUT2D eigenvalue weighted by atomic mass is 10.1. The van der Waals surface area contributed by atoms with Crippen molar-refractivity contribution in [3.8, 4) is 0 Å². The summed E-state index contributed by atoms with van der Waals surface area (Å²) in [5, 5.41) is 0. The zero-order valence-corrected chi connectivity index (χ0v) is 10.0. The lowest BCUT2D eigenvalue weighted by Crippen LogP contribution is -2.41. The summed E-state index contributed by atoms with van der Waals surface area (Å²) in [4.78, 5) is 14.0. The van der Waals surface area contributed by atoms with Crippen molar-refractivity contribution in [2.24, 2.45) is 5.73 Å². The molecule has 0 radical (unpaired) electrons. The summed E-state index contributed by atoms with van der Waals surface area (Å²) < 4.78 is 0. The highest BCUT2D eigenvalue weighted by Crippen LogP contribution is 2.23. The fourth-order valence-corrected chi connectivity index (χ4v) is 2.34. The second kappa shape index (κ2) is 6.11. The highest BCUT2D eigenvalue weighted by molar-refractivity contribution is 5.77. The Labute approximate surface area is 93.0 Å². The van der Waals surface area contributed by atoms with Crippen LogP contribution in [-0.4, -0.2) is 29.4 Å². The van der Waals surface area contributed by atoms with Crippen LogP contribution in [0.4, 0.5) is 0 Å². The Kier molecular flexibility index (Phi) is 5.09. The summed E-state index contributed by atoms with van der Waals surface area (Å²) in [7, 11) is 0. The molecule has 88 valence electrons. The summed E-state index contributed by atoms with van der Waals surface area (Å²) in [6.07, 6.45) is 6.30. The van der Waals surface area contributed by atoms with Gasteiger partial charge in [-0.2, -0.15) is 0 Å². The van der Waals surface area contributed by atoms with Crippen LogP contribution in [-0.2, 0) is 4.79 Å². The van der Waals surface area contributed by atoms with Crippen molar-refractivity contribution < 1.29 is 4.79 Å². The molecule has 0 aliphatic heterocycles. The summed E-state index contributed by atoms with van der Waals surface area (Å²) >= 11 is 0. The van der Waals surface area contributed by atoms with E-state index in [0.717, 1.165) is 13.0 Å². The molecular weight excluding hydrogens is 188 g/mol. The van der Waals surface area contributed by atoms with Gasteiger partial charge in [-0.25, -0.2) is 0 Å². The SMILES string of the molecule is CCC(N)CC(=O)N(CC)C1CCCC1. The molecule has 3 nitrogen and oxygen atoms in total. The van der Waals surface area contributed by atoms with Gasteiger partial charge in [0.15, 0.2) is 0 Å². The molecule has 1 rings (SSSR count). The van der Waals surface area contributed by atoms with Crippen LogP contribution >= 0.6 is 0 Å². The minimum Gasteiger partial charge on any atom is -0.340 e. The zero-order chi connectivity index (χ0) is 11.3. The van der Waals surface area contributed by atoms with E-state index in [1.807, 2.05) is 11.8 Å². The molecule has 1 amide bonds. The first-order valence-electron chi connectivity index (χ1n) is 6.24. The van der Waals surface area contributed by atoms with Crippen LogP contribution in [0, 0.1) is 0 Å². The smallest absolute Gasteiger partial charge is 0.224 e. The van der Waals surface area contributed by atoms with Crippen molar-refractivity contribution in [1.29, 1.82) is 0 Å². The minimum absolute atomic E-state index is 0.0351. The molecule has 0 aromatic carbocycles. The number of carbonyl (C=O) groups is 1. The number of rotatable bonds is 5. The molecule has 0 heterocycles. The molecule has 1 saturated carbocycles. The maximum atomic E-state index is 12.0. The third kappa shape index (κ3) is 3.49. The highest BCUT2D eigenvalue weighted by Gasteiger charge is 2.25. The molecule has 1 aliphatic carbocycles. The number of nitrogens with zero attached hydrogens (tertiary/aromatic N) is 1. The predicted molar refractivity (Wildman–Crippen MR) is 62.5 cm³/mol. The van der Waals surface area contributed by atoms with Gasteiger partial charge in [0, 0.05) is 25.0 Å². The van der Waals surface area contributed by atoms with E-state index >= 15 is 0 Å². The van der Waals surface area contributed by atoms with E-state index in [-0.39, 0.29) is 11.9 Å². The Morgan fingerprint density at radius 1 is 1.40 bits per heavy atom. The van der Waals surface area contributed by atoms with Crippen molar-refractivity contribution in [3.05, 3.63) is 0 Å². The van der Waals surface area contributed by atoms with Crippen molar-refractivity contribution in [2.75, 3.05) is 6.54 Å². The van der Waals surface area contributed by atoms with Gasteiger partial charge >= 0.3 is 0 Å². The largest absolute Gasteiger partial charge is 0.340 e.